The zero-order valence-electron chi connectivity index (χ0n) is 17.2. The Balaban J connectivity index is 1.57. The van der Waals surface area contributed by atoms with E-state index in [1.807, 2.05) is 43.0 Å². The predicted octanol–water partition coefficient (Wildman–Crippen LogP) is 2.51. The highest BCUT2D eigenvalue weighted by atomic mass is 16.5. The molecule has 2 heterocycles. The van der Waals surface area contributed by atoms with Gasteiger partial charge in [0.15, 0.2) is 0 Å². The molecule has 7 nitrogen and oxygen atoms in total. The molecular formula is C21H30N4O3. The van der Waals surface area contributed by atoms with Crippen LogP contribution in [0.15, 0.2) is 29.1 Å². The normalized spacial score (nSPS) is 15.2. The molecule has 152 valence electrons. The first-order valence-corrected chi connectivity index (χ1v) is 9.96. The van der Waals surface area contributed by atoms with Crippen molar-refractivity contribution in [1.82, 2.24) is 19.2 Å². The molecule has 1 aromatic heterocycles. The topological polar surface area (TPSA) is 69.4 Å². The number of amides is 1. The molecule has 3 rings (SSSR count). The highest BCUT2D eigenvalue weighted by Crippen LogP contribution is 2.28. The van der Waals surface area contributed by atoms with Crippen LogP contribution in [0.2, 0.25) is 0 Å². The maximum Gasteiger partial charge on any atom is 0.345 e. The van der Waals surface area contributed by atoms with E-state index in [2.05, 4.69) is 5.10 Å². The minimum atomic E-state index is -0.0678. The first kappa shape index (κ1) is 20.2. The van der Waals surface area contributed by atoms with Crippen LogP contribution in [0, 0.1) is 0 Å². The molecule has 0 atom stereocenters. The number of benzene rings is 1. The molecule has 1 aromatic carbocycles. The molecule has 0 spiro atoms. The second kappa shape index (κ2) is 8.63. The maximum atomic E-state index is 12.6. The zero-order valence-corrected chi connectivity index (χ0v) is 17.2. The quantitative estimate of drug-likeness (QED) is 0.765. The van der Waals surface area contributed by atoms with Crippen LogP contribution >= 0.6 is 0 Å². The number of likely N-dealkylation sites (tertiary alicyclic amines) is 1. The molecule has 1 amide bonds. The van der Waals surface area contributed by atoms with Gasteiger partial charge in [-0.05, 0) is 50.8 Å². The Labute approximate surface area is 165 Å². The third-order valence-electron chi connectivity index (χ3n) is 5.47. The van der Waals surface area contributed by atoms with E-state index < -0.39 is 0 Å². The van der Waals surface area contributed by atoms with Gasteiger partial charge < -0.3 is 9.64 Å². The summed E-state index contributed by atoms with van der Waals surface area (Å²) < 4.78 is 8.44. The van der Waals surface area contributed by atoms with E-state index >= 15 is 0 Å². The number of hydrogen-bond acceptors (Lipinski definition) is 4. The van der Waals surface area contributed by atoms with Crippen LogP contribution in [0.5, 0.6) is 5.75 Å². The third-order valence-corrected chi connectivity index (χ3v) is 5.47. The van der Waals surface area contributed by atoms with E-state index in [0.717, 1.165) is 30.0 Å². The molecule has 0 saturated carbocycles. The summed E-state index contributed by atoms with van der Waals surface area (Å²) in [6.45, 7) is 5.43. The first-order valence-electron chi connectivity index (χ1n) is 9.96. The highest BCUT2D eigenvalue weighted by Gasteiger charge is 2.28. The van der Waals surface area contributed by atoms with Crippen molar-refractivity contribution in [3.05, 3.63) is 46.1 Å². The lowest BCUT2D eigenvalue weighted by Crippen LogP contribution is -2.38. The number of aryl methyl sites for hydroxylation is 2. The van der Waals surface area contributed by atoms with Crippen LogP contribution in [-0.2, 0) is 18.3 Å². The van der Waals surface area contributed by atoms with E-state index in [-0.39, 0.29) is 23.6 Å². The standard InChI is InChI=1S/C21H30N4O3/c1-15(2)25-20(22-23(3)21(25)27)17-10-12-24(13-11-17)19(26)9-8-16-6-5-7-18(14-16)28-4/h5-7,14-15,17H,8-13H2,1-4H3. The van der Waals surface area contributed by atoms with Gasteiger partial charge in [0.1, 0.15) is 11.6 Å². The van der Waals surface area contributed by atoms with Gasteiger partial charge in [0.05, 0.1) is 7.11 Å². The molecule has 0 N–H and O–H groups in total. The summed E-state index contributed by atoms with van der Waals surface area (Å²) in [7, 11) is 3.34. The van der Waals surface area contributed by atoms with Crippen molar-refractivity contribution >= 4 is 5.91 Å². The number of ether oxygens (including phenoxy) is 1. The fourth-order valence-electron chi connectivity index (χ4n) is 3.89. The lowest BCUT2D eigenvalue weighted by Gasteiger charge is -2.32. The molecule has 0 bridgehead atoms. The van der Waals surface area contributed by atoms with Crippen molar-refractivity contribution in [2.24, 2.45) is 7.05 Å². The Hall–Kier alpha value is -2.57. The molecule has 1 aliphatic rings. The van der Waals surface area contributed by atoms with Crippen molar-refractivity contribution < 1.29 is 9.53 Å². The molecule has 1 saturated heterocycles. The molecule has 0 radical (unpaired) electrons. The van der Waals surface area contributed by atoms with E-state index in [9.17, 15) is 9.59 Å². The Morgan fingerprint density at radius 3 is 2.64 bits per heavy atom. The molecule has 0 unspecified atom stereocenters. The largest absolute Gasteiger partial charge is 0.497 e. The van der Waals surface area contributed by atoms with Crippen molar-refractivity contribution in [3.8, 4) is 5.75 Å². The van der Waals surface area contributed by atoms with Crippen molar-refractivity contribution in [3.63, 3.8) is 0 Å². The molecule has 2 aromatic rings. The minimum Gasteiger partial charge on any atom is -0.497 e. The summed E-state index contributed by atoms with van der Waals surface area (Å²) in [4.78, 5) is 26.9. The summed E-state index contributed by atoms with van der Waals surface area (Å²) >= 11 is 0. The number of nitrogens with zero attached hydrogens (tertiary/aromatic N) is 4. The van der Waals surface area contributed by atoms with Crippen LogP contribution in [0.3, 0.4) is 0 Å². The van der Waals surface area contributed by atoms with Gasteiger partial charge in [-0.2, -0.15) is 5.10 Å². The van der Waals surface area contributed by atoms with Crippen LogP contribution < -0.4 is 10.4 Å². The summed E-state index contributed by atoms with van der Waals surface area (Å²) in [6, 6.07) is 7.94. The number of piperidine rings is 1. The average molecular weight is 386 g/mol. The van der Waals surface area contributed by atoms with Gasteiger partial charge in [-0.1, -0.05) is 12.1 Å². The smallest absolute Gasteiger partial charge is 0.345 e. The summed E-state index contributed by atoms with van der Waals surface area (Å²) in [5.41, 5.74) is 1.04. The summed E-state index contributed by atoms with van der Waals surface area (Å²) in [5.74, 6) is 2.07. The monoisotopic (exact) mass is 386 g/mol. The van der Waals surface area contributed by atoms with Gasteiger partial charge in [0.25, 0.3) is 0 Å². The van der Waals surface area contributed by atoms with E-state index in [1.54, 1.807) is 18.7 Å². The zero-order chi connectivity index (χ0) is 20.3. The van der Waals surface area contributed by atoms with Crippen molar-refractivity contribution in [2.45, 2.75) is 51.5 Å². The van der Waals surface area contributed by atoms with Crippen molar-refractivity contribution in [2.75, 3.05) is 20.2 Å². The number of aromatic nitrogens is 3. The van der Waals surface area contributed by atoms with Crippen LogP contribution in [0.25, 0.3) is 0 Å². The van der Waals surface area contributed by atoms with E-state index in [4.69, 9.17) is 4.74 Å². The number of carbonyl (C=O) groups is 1. The van der Waals surface area contributed by atoms with Gasteiger partial charge in [-0.15, -0.1) is 0 Å². The Kier molecular flexibility index (Phi) is 6.21. The van der Waals surface area contributed by atoms with Crippen LogP contribution in [0.4, 0.5) is 0 Å². The van der Waals surface area contributed by atoms with Crippen molar-refractivity contribution in [1.29, 1.82) is 0 Å². The number of rotatable bonds is 6. The van der Waals surface area contributed by atoms with E-state index in [1.165, 1.54) is 4.68 Å². The van der Waals surface area contributed by atoms with Crippen LogP contribution in [-0.4, -0.2) is 45.4 Å². The van der Waals surface area contributed by atoms with Gasteiger partial charge in [0, 0.05) is 38.5 Å². The first-order chi connectivity index (χ1) is 13.4. The SMILES string of the molecule is COc1cccc(CCC(=O)N2CCC(c3nn(C)c(=O)n3C(C)C)CC2)c1. The summed E-state index contributed by atoms with van der Waals surface area (Å²) in [5, 5.41) is 4.47. The Bertz CT molecular complexity index is 876. The Morgan fingerprint density at radius 1 is 1.29 bits per heavy atom. The second-order valence-corrected chi connectivity index (χ2v) is 7.73. The fourth-order valence-corrected chi connectivity index (χ4v) is 3.89. The molecule has 1 fully saturated rings. The fraction of sp³-hybridized carbons (Fsp3) is 0.571. The maximum absolute atomic E-state index is 12.6. The van der Waals surface area contributed by atoms with Gasteiger partial charge >= 0.3 is 5.69 Å². The van der Waals surface area contributed by atoms with Gasteiger partial charge in [0.2, 0.25) is 5.91 Å². The third kappa shape index (κ3) is 4.29. The lowest BCUT2D eigenvalue weighted by atomic mass is 9.95. The van der Waals surface area contributed by atoms with Crippen LogP contribution in [0.1, 0.15) is 56.5 Å². The predicted molar refractivity (Wildman–Crippen MR) is 108 cm³/mol. The molecular weight excluding hydrogens is 356 g/mol. The molecule has 1 aliphatic heterocycles. The van der Waals surface area contributed by atoms with Gasteiger partial charge in [-0.25, -0.2) is 9.48 Å². The number of hydrogen-bond donors (Lipinski definition) is 0. The minimum absolute atomic E-state index is 0.0678. The van der Waals surface area contributed by atoms with E-state index in [0.29, 0.717) is 25.9 Å². The average Bonchev–Trinajstić information content (AvgIpc) is 3.01. The molecule has 0 aliphatic carbocycles. The highest BCUT2D eigenvalue weighted by molar-refractivity contribution is 5.76. The summed E-state index contributed by atoms with van der Waals surface area (Å²) in [6.07, 6.45) is 2.89. The number of methoxy groups -OCH3 is 1. The second-order valence-electron chi connectivity index (χ2n) is 7.73. The lowest BCUT2D eigenvalue weighted by molar-refractivity contribution is -0.132. The Morgan fingerprint density at radius 2 is 2.00 bits per heavy atom. The number of carbonyl (C=O) groups excluding carboxylic acids is 1. The van der Waals surface area contributed by atoms with Gasteiger partial charge in [-0.3, -0.25) is 9.36 Å². The molecule has 7 heteroatoms. The molecule has 28 heavy (non-hydrogen) atoms.